The van der Waals surface area contributed by atoms with Gasteiger partial charge in [-0.05, 0) is 30.3 Å². The van der Waals surface area contributed by atoms with Crippen LogP contribution >= 0.6 is 0 Å². The molecular formula is C20H19NO3. The maximum Gasteiger partial charge on any atom is 0.189 e. The minimum atomic E-state index is 0.223. The van der Waals surface area contributed by atoms with Crippen molar-refractivity contribution in [3.8, 4) is 17.4 Å². The van der Waals surface area contributed by atoms with E-state index < -0.39 is 0 Å². The van der Waals surface area contributed by atoms with Crippen LogP contribution in [-0.2, 0) is 0 Å². The number of aromatic hydroxyl groups is 3. The lowest BCUT2D eigenvalue weighted by molar-refractivity contribution is 0.458. The van der Waals surface area contributed by atoms with Crippen LogP contribution in [0.5, 0.6) is 17.4 Å². The molecule has 0 saturated carbocycles. The van der Waals surface area contributed by atoms with Gasteiger partial charge in [0, 0.05) is 17.0 Å². The van der Waals surface area contributed by atoms with Crippen molar-refractivity contribution in [3.63, 3.8) is 0 Å². The van der Waals surface area contributed by atoms with Gasteiger partial charge < -0.3 is 20.3 Å². The van der Waals surface area contributed by atoms with E-state index in [9.17, 15) is 0 Å². The lowest BCUT2D eigenvalue weighted by atomic mass is 10.3. The molecule has 1 aromatic heterocycles. The molecule has 4 N–H and O–H groups in total. The van der Waals surface area contributed by atoms with Crippen molar-refractivity contribution in [2.45, 2.75) is 0 Å². The summed E-state index contributed by atoms with van der Waals surface area (Å²) in [4.78, 5) is 2.81. The molecule has 0 saturated heterocycles. The van der Waals surface area contributed by atoms with Crippen LogP contribution in [0.3, 0.4) is 0 Å². The Morgan fingerprint density at radius 2 is 1.00 bits per heavy atom. The molecule has 0 aliphatic carbocycles. The Morgan fingerprint density at radius 1 is 0.542 bits per heavy atom. The minimum absolute atomic E-state index is 0.223. The molecule has 0 unspecified atom stereocenters. The van der Waals surface area contributed by atoms with E-state index in [1.165, 1.54) is 0 Å². The third-order valence-electron chi connectivity index (χ3n) is 3.03. The van der Waals surface area contributed by atoms with E-state index in [1.54, 1.807) is 54.6 Å². The van der Waals surface area contributed by atoms with Crippen LogP contribution in [0.1, 0.15) is 0 Å². The summed E-state index contributed by atoms with van der Waals surface area (Å²) in [7, 11) is 0. The molecule has 0 aliphatic heterocycles. The fourth-order valence-corrected chi connectivity index (χ4v) is 1.91. The molecular weight excluding hydrogens is 302 g/mol. The number of hydrogen-bond donors (Lipinski definition) is 4. The number of para-hydroxylation sites is 3. The quantitative estimate of drug-likeness (QED) is 0.380. The fraction of sp³-hybridized carbons (Fsp3) is 0. The van der Waals surface area contributed by atoms with Crippen LogP contribution in [-0.4, -0.2) is 20.3 Å². The van der Waals surface area contributed by atoms with Gasteiger partial charge in [0.2, 0.25) is 0 Å². The molecule has 1 heterocycles. The van der Waals surface area contributed by atoms with E-state index in [0.29, 0.717) is 11.5 Å². The van der Waals surface area contributed by atoms with Gasteiger partial charge >= 0.3 is 0 Å². The van der Waals surface area contributed by atoms with E-state index in [1.807, 2.05) is 36.4 Å². The summed E-state index contributed by atoms with van der Waals surface area (Å²) < 4.78 is 0. The zero-order valence-electron chi connectivity index (χ0n) is 13.0. The highest BCUT2D eigenvalue weighted by atomic mass is 16.3. The zero-order valence-corrected chi connectivity index (χ0v) is 13.0. The van der Waals surface area contributed by atoms with Crippen LogP contribution in [0.2, 0.25) is 0 Å². The van der Waals surface area contributed by atoms with Gasteiger partial charge in [-0.2, -0.15) is 0 Å². The van der Waals surface area contributed by atoms with Crippen molar-refractivity contribution >= 4 is 10.9 Å². The molecule has 4 nitrogen and oxygen atoms in total. The molecule has 0 radical (unpaired) electrons. The first kappa shape index (κ1) is 17.0. The van der Waals surface area contributed by atoms with E-state index >= 15 is 0 Å². The molecule has 122 valence electrons. The maximum atomic E-state index is 9.00. The second-order valence-corrected chi connectivity index (χ2v) is 4.91. The average Bonchev–Trinajstić information content (AvgIpc) is 2.97. The Morgan fingerprint density at radius 3 is 1.42 bits per heavy atom. The average molecular weight is 321 g/mol. The van der Waals surface area contributed by atoms with Gasteiger partial charge in [-0.25, -0.2) is 0 Å². The van der Waals surface area contributed by atoms with Gasteiger partial charge in [-0.3, -0.25) is 0 Å². The molecule has 4 heteroatoms. The predicted molar refractivity (Wildman–Crippen MR) is 96.2 cm³/mol. The molecule has 3 aromatic carbocycles. The van der Waals surface area contributed by atoms with Gasteiger partial charge in [0.1, 0.15) is 11.5 Å². The molecule has 0 aliphatic rings. The summed E-state index contributed by atoms with van der Waals surface area (Å²) in [5.74, 6) is 0.867. The molecule has 0 bridgehead atoms. The second-order valence-electron chi connectivity index (χ2n) is 4.91. The van der Waals surface area contributed by atoms with Gasteiger partial charge in [-0.1, -0.05) is 54.6 Å². The summed E-state index contributed by atoms with van der Waals surface area (Å²) >= 11 is 0. The summed E-state index contributed by atoms with van der Waals surface area (Å²) in [6, 6.07) is 26.9. The number of H-pyrrole nitrogens is 1. The molecule has 4 rings (SSSR count). The van der Waals surface area contributed by atoms with E-state index in [0.717, 1.165) is 10.9 Å². The Hall–Kier alpha value is -3.40. The van der Waals surface area contributed by atoms with E-state index in [-0.39, 0.29) is 5.88 Å². The summed E-state index contributed by atoms with van der Waals surface area (Å²) in [5, 5.41) is 27.3. The van der Waals surface area contributed by atoms with Crippen LogP contribution in [0, 0.1) is 0 Å². The SMILES string of the molecule is Oc1cc2ccccc2[nH]1.Oc1ccccc1.Oc1ccccc1. The number of phenolic OH excluding ortho intramolecular Hbond substituents is 2. The molecule has 0 amide bonds. The third kappa shape index (κ3) is 5.77. The van der Waals surface area contributed by atoms with Gasteiger partial charge in [-0.15, -0.1) is 0 Å². The van der Waals surface area contributed by atoms with Crippen molar-refractivity contribution < 1.29 is 15.3 Å². The van der Waals surface area contributed by atoms with Crippen molar-refractivity contribution in [2.75, 3.05) is 0 Å². The largest absolute Gasteiger partial charge is 0.508 e. The monoisotopic (exact) mass is 321 g/mol. The number of phenols is 2. The summed E-state index contributed by atoms with van der Waals surface area (Å²) in [6.07, 6.45) is 0. The smallest absolute Gasteiger partial charge is 0.189 e. The lowest BCUT2D eigenvalue weighted by Crippen LogP contribution is -1.62. The van der Waals surface area contributed by atoms with Crippen LogP contribution < -0.4 is 0 Å². The Kier molecular flexibility index (Phi) is 6.29. The topological polar surface area (TPSA) is 76.5 Å². The third-order valence-corrected chi connectivity index (χ3v) is 3.03. The number of fused-ring (bicyclic) bond motifs is 1. The molecule has 0 spiro atoms. The highest BCUT2D eigenvalue weighted by Gasteiger charge is 1.94. The van der Waals surface area contributed by atoms with Crippen LogP contribution in [0.15, 0.2) is 91.0 Å². The second kappa shape index (κ2) is 8.90. The zero-order chi connectivity index (χ0) is 17.2. The van der Waals surface area contributed by atoms with E-state index in [4.69, 9.17) is 15.3 Å². The first-order chi connectivity index (χ1) is 11.6. The first-order valence-electron chi connectivity index (χ1n) is 7.40. The lowest BCUT2D eigenvalue weighted by Gasteiger charge is -1.83. The highest BCUT2D eigenvalue weighted by molar-refractivity contribution is 5.80. The molecule has 24 heavy (non-hydrogen) atoms. The summed E-state index contributed by atoms with van der Waals surface area (Å²) in [6.45, 7) is 0. The summed E-state index contributed by atoms with van der Waals surface area (Å²) in [5.41, 5.74) is 0.972. The van der Waals surface area contributed by atoms with Gasteiger partial charge in [0.05, 0.1) is 0 Å². The fourth-order valence-electron chi connectivity index (χ4n) is 1.91. The Balaban J connectivity index is 0.000000134. The number of aromatic amines is 1. The number of rotatable bonds is 0. The first-order valence-corrected chi connectivity index (χ1v) is 7.40. The van der Waals surface area contributed by atoms with Gasteiger partial charge in [0.25, 0.3) is 0 Å². The molecule has 0 atom stereocenters. The maximum absolute atomic E-state index is 9.00. The van der Waals surface area contributed by atoms with Crippen molar-refractivity contribution in [2.24, 2.45) is 0 Å². The number of aromatic nitrogens is 1. The number of benzene rings is 3. The van der Waals surface area contributed by atoms with Crippen molar-refractivity contribution in [1.82, 2.24) is 4.98 Å². The Labute approximate surface area is 140 Å². The normalized spacial score (nSPS) is 9.33. The number of nitrogens with one attached hydrogen (secondary N) is 1. The molecule has 4 aromatic rings. The van der Waals surface area contributed by atoms with Gasteiger partial charge in [0.15, 0.2) is 5.88 Å². The highest BCUT2D eigenvalue weighted by Crippen LogP contribution is 2.17. The van der Waals surface area contributed by atoms with E-state index in [2.05, 4.69) is 4.98 Å². The van der Waals surface area contributed by atoms with Crippen LogP contribution in [0.25, 0.3) is 10.9 Å². The van der Waals surface area contributed by atoms with Crippen molar-refractivity contribution in [1.29, 1.82) is 0 Å². The molecule has 0 fully saturated rings. The minimum Gasteiger partial charge on any atom is -0.508 e. The number of hydrogen-bond acceptors (Lipinski definition) is 3. The van der Waals surface area contributed by atoms with Crippen molar-refractivity contribution in [3.05, 3.63) is 91.0 Å². The standard InChI is InChI=1S/C8H7NO.2C6H6O/c10-8-5-6-3-1-2-4-7(6)9-8;2*7-6-4-2-1-3-5-6/h1-5,9-10H;2*1-5,7H. The predicted octanol–water partition coefficient (Wildman–Crippen LogP) is 4.66. The Bertz CT molecular complexity index is 772. The van der Waals surface area contributed by atoms with Crippen LogP contribution in [0.4, 0.5) is 0 Å².